The number of hydrogen-bond donors (Lipinski definition) is 3. The minimum atomic E-state index is -0.813. The summed E-state index contributed by atoms with van der Waals surface area (Å²) in [6.07, 6.45) is 10.7. The van der Waals surface area contributed by atoms with Crippen molar-refractivity contribution in [3.8, 4) is 11.8 Å². The Morgan fingerprint density at radius 2 is 1.73 bits per heavy atom. The second-order valence-electron chi connectivity index (χ2n) is 5.52. The molecular weight excluding hydrogens is 280 g/mol. The number of allylic oxidation sites excluding steroid dienone is 1. The van der Waals surface area contributed by atoms with Crippen molar-refractivity contribution < 1.29 is 20.1 Å². The SMILES string of the molecule is CCCCC(O)C#CC(O)C=CCCCCCCCC(=O)O. The predicted octanol–water partition coefficient (Wildman–Crippen LogP) is 3.27. The normalized spacial score (nSPS) is 13.6. The van der Waals surface area contributed by atoms with E-state index in [1.165, 1.54) is 0 Å². The van der Waals surface area contributed by atoms with E-state index in [-0.39, 0.29) is 6.42 Å². The molecule has 0 aliphatic rings. The molecule has 0 aromatic carbocycles. The molecule has 0 aromatic heterocycles. The minimum absolute atomic E-state index is 0.259. The molecule has 0 aromatic rings. The molecule has 2 atom stereocenters. The number of aliphatic carboxylic acids is 1. The first kappa shape index (κ1) is 20.7. The lowest BCUT2D eigenvalue weighted by molar-refractivity contribution is -0.137. The molecule has 22 heavy (non-hydrogen) atoms. The van der Waals surface area contributed by atoms with Gasteiger partial charge in [-0.05, 0) is 31.8 Å². The van der Waals surface area contributed by atoms with Gasteiger partial charge in [-0.3, -0.25) is 4.79 Å². The summed E-state index contributed by atoms with van der Waals surface area (Å²) >= 11 is 0. The van der Waals surface area contributed by atoms with Crippen LogP contribution in [0.1, 0.15) is 71.1 Å². The quantitative estimate of drug-likeness (QED) is 0.294. The molecular formula is C18H30O4. The first-order chi connectivity index (χ1) is 10.6. The molecule has 0 bridgehead atoms. The zero-order valence-electron chi connectivity index (χ0n) is 13.6. The van der Waals surface area contributed by atoms with Crippen LogP contribution in [-0.2, 0) is 4.79 Å². The third kappa shape index (κ3) is 15.1. The molecule has 4 nitrogen and oxygen atoms in total. The molecule has 0 aliphatic heterocycles. The highest BCUT2D eigenvalue weighted by atomic mass is 16.4. The van der Waals surface area contributed by atoms with Crippen LogP contribution in [0.5, 0.6) is 0 Å². The van der Waals surface area contributed by atoms with Gasteiger partial charge in [-0.15, -0.1) is 0 Å². The summed E-state index contributed by atoms with van der Waals surface area (Å²) in [5, 5.41) is 27.7. The first-order valence-corrected chi connectivity index (χ1v) is 8.32. The van der Waals surface area contributed by atoms with E-state index < -0.39 is 18.2 Å². The smallest absolute Gasteiger partial charge is 0.303 e. The van der Waals surface area contributed by atoms with Gasteiger partial charge < -0.3 is 15.3 Å². The van der Waals surface area contributed by atoms with Crippen molar-refractivity contribution in [1.29, 1.82) is 0 Å². The fourth-order valence-corrected chi connectivity index (χ4v) is 1.99. The number of aliphatic hydroxyl groups excluding tert-OH is 2. The fraction of sp³-hybridized carbons (Fsp3) is 0.722. The number of hydrogen-bond acceptors (Lipinski definition) is 3. The van der Waals surface area contributed by atoms with Gasteiger partial charge in [0.15, 0.2) is 0 Å². The van der Waals surface area contributed by atoms with Crippen molar-refractivity contribution in [1.82, 2.24) is 0 Å². The van der Waals surface area contributed by atoms with Crippen molar-refractivity contribution in [3.63, 3.8) is 0 Å². The first-order valence-electron chi connectivity index (χ1n) is 8.32. The van der Waals surface area contributed by atoms with E-state index in [0.717, 1.165) is 51.4 Å². The monoisotopic (exact) mass is 310 g/mol. The fourth-order valence-electron chi connectivity index (χ4n) is 1.99. The van der Waals surface area contributed by atoms with E-state index in [1.807, 2.05) is 6.08 Å². The number of aliphatic hydroxyl groups is 2. The lowest BCUT2D eigenvalue weighted by Crippen LogP contribution is -2.05. The van der Waals surface area contributed by atoms with Gasteiger partial charge in [0.1, 0.15) is 12.2 Å². The summed E-state index contributed by atoms with van der Waals surface area (Å²) in [7, 11) is 0. The Balaban J connectivity index is 3.59. The molecule has 0 saturated carbocycles. The highest BCUT2D eigenvalue weighted by molar-refractivity contribution is 5.66. The van der Waals surface area contributed by atoms with Gasteiger partial charge in [-0.1, -0.05) is 56.9 Å². The Morgan fingerprint density at radius 3 is 2.41 bits per heavy atom. The maximum absolute atomic E-state index is 10.3. The topological polar surface area (TPSA) is 77.8 Å². The summed E-state index contributed by atoms with van der Waals surface area (Å²) in [4.78, 5) is 10.3. The number of carboxylic acid groups (broad SMARTS) is 1. The molecule has 0 heterocycles. The van der Waals surface area contributed by atoms with Crippen LogP contribution in [0.25, 0.3) is 0 Å². The third-order valence-electron chi connectivity index (χ3n) is 3.31. The summed E-state index contributed by atoms with van der Waals surface area (Å²) in [5.74, 6) is 4.57. The molecule has 0 saturated heterocycles. The number of carboxylic acids is 1. The van der Waals surface area contributed by atoms with E-state index in [1.54, 1.807) is 6.08 Å². The Kier molecular flexibility index (Phi) is 13.7. The van der Waals surface area contributed by atoms with Crippen LogP contribution < -0.4 is 0 Å². The summed E-state index contributed by atoms with van der Waals surface area (Å²) in [6.45, 7) is 2.06. The van der Waals surface area contributed by atoms with Crippen molar-refractivity contribution in [2.45, 2.75) is 83.3 Å². The highest BCUT2D eigenvalue weighted by Crippen LogP contribution is 2.07. The van der Waals surface area contributed by atoms with Gasteiger partial charge >= 0.3 is 5.97 Å². The lowest BCUT2D eigenvalue weighted by atomic mass is 10.1. The summed E-state index contributed by atoms with van der Waals surface area (Å²) in [5.41, 5.74) is 0. The Hall–Kier alpha value is -1.31. The predicted molar refractivity (Wildman–Crippen MR) is 88.4 cm³/mol. The van der Waals surface area contributed by atoms with E-state index in [0.29, 0.717) is 6.42 Å². The number of unbranched alkanes of at least 4 members (excludes halogenated alkanes) is 6. The van der Waals surface area contributed by atoms with Gasteiger partial charge in [0.2, 0.25) is 0 Å². The Labute approximate surface area is 134 Å². The summed E-state index contributed by atoms with van der Waals surface area (Å²) < 4.78 is 0. The second kappa shape index (κ2) is 14.6. The van der Waals surface area contributed by atoms with Crippen molar-refractivity contribution in [2.75, 3.05) is 0 Å². The van der Waals surface area contributed by atoms with Gasteiger partial charge in [-0.25, -0.2) is 0 Å². The zero-order chi connectivity index (χ0) is 16.6. The average Bonchev–Trinajstić information content (AvgIpc) is 2.48. The molecule has 0 amide bonds. The number of carbonyl (C=O) groups is 1. The number of rotatable bonds is 12. The van der Waals surface area contributed by atoms with Gasteiger partial charge in [0.25, 0.3) is 0 Å². The molecule has 0 radical (unpaired) electrons. The van der Waals surface area contributed by atoms with Gasteiger partial charge in [-0.2, -0.15) is 0 Å². The van der Waals surface area contributed by atoms with Crippen LogP contribution in [-0.4, -0.2) is 33.5 Å². The standard InChI is InChI=1S/C18H30O4/c1-2-3-11-16(19)14-15-17(20)12-9-7-5-4-6-8-10-13-18(21)22/h9,12,16-17,19-20H,2-8,10-11,13H2,1H3,(H,21,22). The molecule has 4 heteroatoms. The molecule has 2 unspecified atom stereocenters. The van der Waals surface area contributed by atoms with Crippen molar-refractivity contribution in [3.05, 3.63) is 12.2 Å². The largest absolute Gasteiger partial charge is 0.481 e. The Morgan fingerprint density at radius 1 is 1.05 bits per heavy atom. The molecule has 126 valence electrons. The van der Waals surface area contributed by atoms with Gasteiger partial charge in [0, 0.05) is 6.42 Å². The van der Waals surface area contributed by atoms with Crippen LogP contribution in [0, 0.1) is 11.8 Å². The molecule has 0 aliphatic carbocycles. The van der Waals surface area contributed by atoms with E-state index in [4.69, 9.17) is 5.11 Å². The second-order valence-corrected chi connectivity index (χ2v) is 5.52. The van der Waals surface area contributed by atoms with Gasteiger partial charge in [0.05, 0.1) is 0 Å². The lowest BCUT2D eigenvalue weighted by Gasteiger charge is -2.01. The summed E-state index contributed by atoms with van der Waals surface area (Å²) in [6, 6.07) is 0. The molecule has 0 spiro atoms. The highest BCUT2D eigenvalue weighted by Gasteiger charge is 1.98. The van der Waals surface area contributed by atoms with Crippen LogP contribution in [0.3, 0.4) is 0 Å². The van der Waals surface area contributed by atoms with E-state index in [2.05, 4.69) is 18.8 Å². The van der Waals surface area contributed by atoms with Crippen LogP contribution in [0.2, 0.25) is 0 Å². The van der Waals surface area contributed by atoms with E-state index >= 15 is 0 Å². The van der Waals surface area contributed by atoms with E-state index in [9.17, 15) is 15.0 Å². The third-order valence-corrected chi connectivity index (χ3v) is 3.31. The van der Waals surface area contributed by atoms with Crippen LogP contribution in [0.15, 0.2) is 12.2 Å². The van der Waals surface area contributed by atoms with Crippen LogP contribution >= 0.6 is 0 Å². The van der Waals surface area contributed by atoms with Crippen molar-refractivity contribution in [2.24, 2.45) is 0 Å². The average molecular weight is 310 g/mol. The zero-order valence-corrected chi connectivity index (χ0v) is 13.6. The molecule has 0 rings (SSSR count). The van der Waals surface area contributed by atoms with Crippen LogP contribution in [0.4, 0.5) is 0 Å². The molecule has 0 fully saturated rings. The Bertz CT molecular complexity index is 365. The maximum Gasteiger partial charge on any atom is 0.303 e. The minimum Gasteiger partial charge on any atom is -0.481 e. The van der Waals surface area contributed by atoms with Crippen molar-refractivity contribution >= 4 is 5.97 Å². The molecule has 3 N–H and O–H groups in total. The maximum atomic E-state index is 10.3.